The highest BCUT2D eigenvalue weighted by Gasteiger charge is 2.60. The molecule has 1 aromatic rings. The van der Waals surface area contributed by atoms with Crippen molar-refractivity contribution in [1.29, 1.82) is 0 Å². The first-order valence-corrected chi connectivity index (χ1v) is 8.86. The summed E-state index contributed by atoms with van der Waals surface area (Å²) >= 11 is 11.4. The van der Waals surface area contributed by atoms with E-state index in [9.17, 15) is 9.59 Å². The fourth-order valence-electron chi connectivity index (χ4n) is 3.11. The average Bonchev–Trinajstić information content (AvgIpc) is 3.16. The molecule has 1 fully saturated rings. The predicted octanol–water partition coefficient (Wildman–Crippen LogP) is 3.06. The van der Waals surface area contributed by atoms with Gasteiger partial charge in [0, 0.05) is 5.56 Å². The van der Waals surface area contributed by atoms with Crippen molar-refractivity contribution in [3.63, 3.8) is 0 Å². The van der Waals surface area contributed by atoms with Crippen LogP contribution in [0.1, 0.15) is 24.2 Å². The molecule has 0 aromatic heterocycles. The van der Waals surface area contributed by atoms with Gasteiger partial charge in [0.05, 0.1) is 27.2 Å². The summed E-state index contributed by atoms with van der Waals surface area (Å²) in [6, 6.07) is 2.98. The maximum absolute atomic E-state index is 12.4. The van der Waals surface area contributed by atoms with Crippen molar-refractivity contribution in [3.05, 3.63) is 28.3 Å². The Labute approximate surface area is 167 Å². The molecule has 0 spiro atoms. The number of carbonyl (C=O) groups is 2. The van der Waals surface area contributed by atoms with Crippen LogP contribution in [0.3, 0.4) is 0 Å². The topological polar surface area (TPSA) is 85.9 Å². The number of rotatable bonds is 6. The van der Waals surface area contributed by atoms with E-state index in [4.69, 9.17) is 37.4 Å². The zero-order valence-electron chi connectivity index (χ0n) is 15.7. The molecule has 148 valence electrons. The van der Waals surface area contributed by atoms with Crippen molar-refractivity contribution >= 4 is 35.0 Å². The molecule has 1 aliphatic rings. The summed E-state index contributed by atoms with van der Waals surface area (Å²) in [5, 5.41) is 0. The molecule has 0 heterocycles. The maximum atomic E-state index is 12.4. The second kappa shape index (κ2) is 8.27. The summed E-state index contributed by atoms with van der Waals surface area (Å²) < 4.78 is 15.8. The Balaban J connectivity index is 2.08. The number of hydrogen-bond acceptors (Lipinski definition) is 5. The van der Waals surface area contributed by atoms with Gasteiger partial charge in [-0.2, -0.15) is 0 Å². The van der Waals surface area contributed by atoms with Gasteiger partial charge in [0.2, 0.25) is 11.7 Å². The molecule has 0 aliphatic heterocycles. The van der Waals surface area contributed by atoms with E-state index in [0.29, 0.717) is 17.2 Å². The standard InChI is InChI=1S/C18H22Cl2N2O5/c1-18(2)10(8-13(19)20)14(18)17(24)22-21-16(23)9-6-11(25-3)15(27-5)12(7-9)26-4/h6-8,10,14H,1-5H3,(H,21,23)(H,22,24)/t10-,14-/m1/s1. The lowest BCUT2D eigenvalue weighted by atomic mass is 10.1. The Kier molecular flexibility index (Phi) is 6.49. The lowest BCUT2D eigenvalue weighted by Gasteiger charge is -2.14. The minimum Gasteiger partial charge on any atom is -0.493 e. The van der Waals surface area contributed by atoms with Crippen LogP contribution in [0.4, 0.5) is 0 Å². The van der Waals surface area contributed by atoms with Crippen LogP contribution in [-0.2, 0) is 4.79 Å². The van der Waals surface area contributed by atoms with Crippen LogP contribution >= 0.6 is 23.2 Å². The Hall–Kier alpha value is -2.12. The first-order chi connectivity index (χ1) is 12.7. The number of ether oxygens (including phenoxy) is 3. The van der Waals surface area contributed by atoms with Crippen LogP contribution in [0.2, 0.25) is 0 Å². The first kappa shape index (κ1) is 21.2. The van der Waals surface area contributed by atoms with Gasteiger partial charge in [0.25, 0.3) is 5.91 Å². The zero-order valence-corrected chi connectivity index (χ0v) is 17.2. The Bertz CT molecular complexity index is 750. The van der Waals surface area contributed by atoms with Crippen molar-refractivity contribution in [2.45, 2.75) is 13.8 Å². The van der Waals surface area contributed by atoms with Gasteiger partial charge in [-0.05, 0) is 29.5 Å². The Morgan fingerprint density at radius 3 is 2.04 bits per heavy atom. The highest BCUT2D eigenvalue weighted by molar-refractivity contribution is 6.55. The predicted molar refractivity (Wildman–Crippen MR) is 102 cm³/mol. The molecule has 1 saturated carbocycles. The Morgan fingerprint density at radius 1 is 1.04 bits per heavy atom. The molecule has 1 aromatic carbocycles. The van der Waals surface area contributed by atoms with Gasteiger partial charge >= 0.3 is 0 Å². The SMILES string of the molecule is COc1cc(C(=O)NNC(=O)[C@H]2[C@@H](C=C(Cl)Cl)C2(C)C)cc(OC)c1OC. The molecule has 0 unspecified atom stereocenters. The number of amides is 2. The van der Waals surface area contributed by atoms with Gasteiger partial charge in [-0.25, -0.2) is 0 Å². The van der Waals surface area contributed by atoms with Crippen molar-refractivity contribution in [1.82, 2.24) is 10.9 Å². The van der Waals surface area contributed by atoms with Crippen molar-refractivity contribution in [2.24, 2.45) is 17.3 Å². The molecule has 9 heteroatoms. The quantitative estimate of drug-likeness (QED) is 0.695. The third kappa shape index (κ3) is 4.42. The molecule has 2 rings (SSSR count). The van der Waals surface area contributed by atoms with E-state index in [1.807, 2.05) is 13.8 Å². The molecular weight excluding hydrogens is 395 g/mol. The van der Waals surface area contributed by atoms with Crippen LogP contribution < -0.4 is 25.1 Å². The van der Waals surface area contributed by atoms with Gasteiger partial charge < -0.3 is 14.2 Å². The molecule has 2 amide bonds. The van der Waals surface area contributed by atoms with Crippen molar-refractivity contribution < 1.29 is 23.8 Å². The van der Waals surface area contributed by atoms with Gasteiger partial charge in [0.15, 0.2) is 11.5 Å². The molecular formula is C18H22Cl2N2O5. The minimum absolute atomic E-state index is 0.0967. The monoisotopic (exact) mass is 416 g/mol. The normalized spacial score (nSPS) is 19.5. The van der Waals surface area contributed by atoms with Crippen molar-refractivity contribution in [3.8, 4) is 17.2 Å². The van der Waals surface area contributed by atoms with Crippen LogP contribution in [0.25, 0.3) is 0 Å². The van der Waals surface area contributed by atoms with E-state index in [1.54, 1.807) is 6.08 Å². The summed E-state index contributed by atoms with van der Waals surface area (Å²) in [5.41, 5.74) is 4.77. The van der Waals surface area contributed by atoms with Gasteiger partial charge in [-0.3, -0.25) is 20.4 Å². The van der Waals surface area contributed by atoms with Gasteiger partial charge in [-0.15, -0.1) is 0 Å². The summed E-state index contributed by atoms with van der Waals surface area (Å²) in [6.45, 7) is 3.85. The summed E-state index contributed by atoms with van der Waals surface area (Å²) in [6.07, 6.45) is 1.63. The number of halogens is 2. The lowest BCUT2D eigenvalue weighted by molar-refractivity contribution is -0.123. The van der Waals surface area contributed by atoms with Crippen LogP contribution in [-0.4, -0.2) is 33.1 Å². The molecule has 2 N–H and O–H groups in total. The molecule has 1 aliphatic carbocycles. The second-order valence-corrected chi connectivity index (χ2v) is 7.65. The highest BCUT2D eigenvalue weighted by Crippen LogP contribution is 2.59. The molecule has 0 saturated heterocycles. The van der Waals surface area contributed by atoms with E-state index in [-0.39, 0.29) is 33.2 Å². The molecule has 0 radical (unpaired) electrons. The number of hydrazine groups is 1. The maximum Gasteiger partial charge on any atom is 0.269 e. The number of nitrogens with one attached hydrogen (secondary N) is 2. The molecule has 2 atom stereocenters. The first-order valence-electron chi connectivity index (χ1n) is 8.10. The second-order valence-electron chi connectivity index (χ2n) is 6.64. The number of methoxy groups -OCH3 is 3. The third-order valence-corrected chi connectivity index (χ3v) is 4.98. The third-order valence-electron chi connectivity index (χ3n) is 4.72. The average molecular weight is 417 g/mol. The fraction of sp³-hybridized carbons (Fsp3) is 0.444. The fourth-order valence-corrected chi connectivity index (χ4v) is 3.38. The summed E-state index contributed by atoms with van der Waals surface area (Å²) in [5.74, 6) is -0.254. The smallest absolute Gasteiger partial charge is 0.269 e. The minimum atomic E-state index is -0.525. The molecule has 0 bridgehead atoms. The van der Waals surface area contributed by atoms with E-state index >= 15 is 0 Å². The summed E-state index contributed by atoms with van der Waals surface area (Å²) in [4.78, 5) is 24.8. The van der Waals surface area contributed by atoms with E-state index in [2.05, 4.69) is 10.9 Å². The van der Waals surface area contributed by atoms with E-state index < -0.39 is 5.91 Å². The van der Waals surface area contributed by atoms with E-state index in [1.165, 1.54) is 33.5 Å². The van der Waals surface area contributed by atoms with Crippen LogP contribution in [0.15, 0.2) is 22.7 Å². The zero-order chi connectivity index (χ0) is 20.4. The van der Waals surface area contributed by atoms with E-state index in [0.717, 1.165) is 0 Å². The molecule has 7 nitrogen and oxygen atoms in total. The lowest BCUT2D eigenvalue weighted by Crippen LogP contribution is -2.43. The number of allylic oxidation sites excluding steroid dienone is 1. The van der Waals surface area contributed by atoms with Gasteiger partial charge in [0.1, 0.15) is 4.49 Å². The van der Waals surface area contributed by atoms with Crippen molar-refractivity contribution in [2.75, 3.05) is 21.3 Å². The van der Waals surface area contributed by atoms with Crippen LogP contribution in [0.5, 0.6) is 17.2 Å². The highest BCUT2D eigenvalue weighted by atomic mass is 35.5. The number of benzene rings is 1. The van der Waals surface area contributed by atoms with Crippen LogP contribution in [0, 0.1) is 17.3 Å². The largest absolute Gasteiger partial charge is 0.493 e. The van der Waals surface area contributed by atoms with Gasteiger partial charge in [-0.1, -0.05) is 37.0 Å². The number of carbonyl (C=O) groups excluding carboxylic acids is 2. The summed E-state index contributed by atoms with van der Waals surface area (Å²) in [7, 11) is 4.37. The number of hydrogen-bond donors (Lipinski definition) is 2. The molecule has 27 heavy (non-hydrogen) atoms. The Morgan fingerprint density at radius 2 is 1.59 bits per heavy atom.